The van der Waals surface area contributed by atoms with Gasteiger partial charge in [-0.25, -0.2) is 0 Å². The van der Waals surface area contributed by atoms with Crippen LogP contribution in [0.15, 0.2) is 10.6 Å². The van der Waals surface area contributed by atoms with Crippen molar-refractivity contribution < 1.29 is 14.4 Å². The molecule has 0 bridgehead atoms. The lowest BCUT2D eigenvalue weighted by molar-refractivity contribution is 0.00725. The fourth-order valence-corrected chi connectivity index (χ4v) is 3.82. The molecule has 0 spiro atoms. The molecule has 0 unspecified atom stereocenters. The Morgan fingerprint density at radius 1 is 1.29 bits per heavy atom. The van der Waals surface area contributed by atoms with Gasteiger partial charge in [0.25, 0.3) is 5.91 Å². The first-order valence-electron chi connectivity index (χ1n) is 9.24. The first-order chi connectivity index (χ1) is 11.5. The van der Waals surface area contributed by atoms with Crippen molar-refractivity contribution in [3.05, 3.63) is 17.5 Å². The number of nitrogens with one attached hydrogen (secondary N) is 1. The molecule has 2 N–H and O–H groups in total. The van der Waals surface area contributed by atoms with Crippen molar-refractivity contribution in [1.82, 2.24) is 15.4 Å². The molecule has 2 heterocycles. The standard InChI is InChI=1S/C18H29N3O3/c1-12(2)17-11-14(20-24-17)18(23)19-13-7-9-21(10-8-13)15-5-3-4-6-16(15)22/h11-13,15-16,22H,3-10H2,1-2H3,(H,19,23)/t15-,16-/m0/s1. The van der Waals surface area contributed by atoms with E-state index in [2.05, 4.69) is 15.4 Å². The zero-order valence-electron chi connectivity index (χ0n) is 14.7. The highest BCUT2D eigenvalue weighted by Gasteiger charge is 2.32. The summed E-state index contributed by atoms with van der Waals surface area (Å²) in [7, 11) is 0. The molecule has 6 heteroatoms. The summed E-state index contributed by atoms with van der Waals surface area (Å²) in [5.41, 5.74) is 0.365. The van der Waals surface area contributed by atoms with Gasteiger partial charge >= 0.3 is 0 Å². The summed E-state index contributed by atoms with van der Waals surface area (Å²) in [6.45, 7) is 5.89. The Bertz CT molecular complexity index is 549. The number of aromatic nitrogens is 1. The molecule has 2 aliphatic rings. The Labute approximate surface area is 143 Å². The lowest BCUT2D eigenvalue weighted by atomic mass is 9.89. The van der Waals surface area contributed by atoms with Gasteiger partial charge in [0.2, 0.25) is 0 Å². The predicted octanol–water partition coefficient (Wildman–Crippen LogP) is 2.30. The highest BCUT2D eigenvalue weighted by atomic mass is 16.5. The van der Waals surface area contributed by atoms with Crippen LogP contribution in [0.25, 0.3) is 0 Å². The first-order valence-corrected chi connectivity index (χ1v) is 9.24. The maximum Gasteiger partial charge on any atom is 0.273 e. The van der Waals surface area contributed by atoms with Gasteiger partial charge in [-0.15, -0.1) is 0 Å². The molecule has 6 nitrogen and oxygen atoms in total. The SMILES string of the molecule is CC(C)c1cc(C(=O)NC2CCN([C@H]3CCCC[C@@H]3O)CC2)no1. The van der Waals surface area contributed by atoms with Crippen LogP contribution in [0.5, 0.6) is 0 Å². The number of amides is 1. The van der Waals surface area contributed by atoms with Gasteiger partial charge < -0.3 is 14.9 Å². The van der Waals surface area contributed by atoms with E-state index in [0.29, 0.717) is 11.7 Å². The molecule has 1 aromatic rings. The fraction of sp³-hybridized carbons (Fsp3) is 0.778. The predicted molar refractivity (Wildman–Crippen MR) is 90.9 cm³/mol. The van der Waals surface area contributed by atoms with Gasteiger partial charge in [-0.1, -0.05) is 31.8 Å². The number of aliphatic hydroxyl groups excluding tert-OH is 1. The highest BCUT2D eigenvalue weighted by molar-refractivity contribution is 5.92. The second-order valence-electron chi connectivity index (χ2n) is 7.47. The van der Waals surface area contributed by atoms with E-state index in [0.717, 1.165) is 51.0 Å². The van der Waals surface area contributed by atoms with E-state index < -0.39 is 0 Å². The van der Waals surface area contributed by atoms with Crippen LogP contribution in [0.2, 0.25) is 0 Å². The summed E-state index contributed by atoms with van der Waals surface area (Å²) < 4.78 is 5.20. The lowest BCUT2D eigenvalue weighted by Crippen LogP contribution is -2.52. The van der Waals surface area contributed by atoms with Crippen LogP contribution in [0.1, 0.15) is 74.5 Å². The number of likely N-dealkylation sites (tertiary alicyclic amines) is 1. The molecule has 1 amide bonds. The zero-order chi connectivity index (χ0) is 17.1. The van der Waals surface area contributed by atoms with E-state index in [1.807, 2.05) is 13.8 Å². The Hall–Kier alpha value is -1.40. The Kier molecular flexibility index (Phi) is 5.56. The maximum atomic E-state index is 12.3. The first kappa shape index (κ1) is 17.4. The Morgan fingerprint density at radius 3 is 2.62 bits per heavy atom. The van der Waals surface area contributed by atoms with Gasteiger partial charge in [-0.3, -0.25) is 9.69 Å². The minimum Gasteiger partial charge on any atom is -0.391 e. The minimum atomic E-state index is -0.186. The molecule has 0 radical (unpaired) electrons. The normalized spacial score (nSPS) is 26.7. The van der Waals surface area contributed by atoms with E-state index >= 15 is 0 Å². The topological polar surface area (TPSA) is 78.6 Å². The van der Waals surface area contributed by atoms with Crippen molar-refractivity contribution in [2.45, 2.75) is 76.5 Å². The van der Waals surface area contributed by atoms with Crippen molar-refractivity contribution >= 4 is 5.91 Å². The van der Waals surface area contributed by atoms with E-state index in [4.69, 9.17) is 4.52 Å². The highest BCUT2D eigenvalue weighted by Crippen LogP contribution is 2.26. The van der Waals surface area contributed by atoms with Gasteiger partial charge in [0.1, 0.15) is 5.76 Å². The van der Waals surface area contributed by atoms with E-state index in [1.54, 1.807) is 6.07 Å². The average molecular weight is 335 g/mol. The fourth-order valence-electron chi connectivity index (χ4n) is 3.82. The number of carbonyl (C=O) groups is 1. The number of aliphatic hydroxyl groups is 1. The number of piperidine rings is 1. The number of hydrogen-bond donors (Lipinski definition) is 2. The average Bonchev–Trinajstić information content (AvgIpc) is 3.07. The monoisotopic (exact) mass is 335 g/mol. The molecule has 134 valence electrons. The second kappa shape index (κ2) is 7.66. The van der Waals surface area contributed by atoms with Crippen LogP contribution in [0.3, 0.4) is 0 Å². The van der Waals surface area contributed by atoms with Crippen molar-refractivity contribution in [2.24, 2.45) is 0 Å². The molecule has 1 aromatic heterocycles. The molecule has 1 saturated carbocycles. The van der Waals surface area contributed by atoms with Crippen LogP contribution in [-0.4, -0.2) is 52.3 Å². The largest absolute Gasteiger partial charge is 0.391 e. The van der Waals surface area contributed by atoms with Crippen LogP contribution in [-0.2, 0) is 0 Å². The summed E-state index contributed by atoms with van der Waals surface area (Å²) in [5, 5.41) is 17.1. The molecule has 2 atom stereocenters. The molecule has 1 saturated heterocycles. The van der Waals surface area contributed by atoms with Crippen LogP contribution in [0, 0.1) is 0 Å². The second-order valence-corrected chi connectivity index (χ2v) is 7.47. The van der Waals surface area contributed by atoms with Crippen LogP contribution in [0.4, 0.5) is 0 Å². The molecule has 3 rings (SSSR count). The number of rotatable bonds is 4. The van der Waals surface area contributed by atoms with Crippen LogP contribution < -0.4 is 5.32 Å². The quantitative estimate of drug-likeness (QED) is 0.883. The van der Waals surface area contributed by atoms with Crippen LogP contribution >= 0.6 is 0 Å². The molecule has 24 heavy (non-hydrogen) atoms. The summed E-state index contributed by atoms with van der Waals surface area (Å²) in [5.74, 6) is 0.812. The number of hydrogen-bond acceptors (Lipinski definition) is 5. The molecular formula is C18H29N3O3. The number of carbonyl (C=O) groups excluding carboxylic acids is 1. The minimum absolute atomic E-state index is 0.151. The molecule has 1 aliphatic carbocycles. The summed E-state index contributed by atoms with van der Waals surface area (Å²) in [6, 6.07) is 2.21. The van der Waals surface area contributed by atoms with E-state index in [9.17, 15) is 9.90 Å². The van der Waals surface area contributed by atoms with E-state index in [1.165, 1.54) is 6.42 Å². The van der Waals surface area contributed by atoms with Gasteiger partial charge in [-0.2, -0.15) is 0 Å². The molecule has 2 fully saturated rings. The maximum absolute atomic E-state index is 12.3. The third-order valence-electron chi connectivity index (χ3n) is 5.36. The summed E-state index contributed by atoms with van der Waals surface area (Å²) in [4.78, 5) is 14.7. The van der Waals surface area contributed by atoms with Gasteiger partial charge in [0, 0.05) is 37.2 Å². The van der Waals surface area contributed by atoms with Crippen molar-refractivity contribution in [3.8, 4) is 0 Å². The van der Waals surface area contributed by atoms with Crippen molar-refractivity contribution in [1.29, 1.82) is 0 Å². The molecule has 1 aliphatic heterocycles. The van der Waals surface area contributed by atoms with Crippen molar-refractivity contribution in [3.63, 3.8) is 0 Å². The smallest absolute Gasteiger partial charge is 0.273 e. The van der Waals surface area contributed by atoms with Gasteiger partial charge in [-0.05, 0) is 25.7 Å². The summed E-state index contributed by atoms with van der Waals surface area (Å²) >= 11 is 0. The van der Waals surface area contributed by atoms with Gasteiger partial charge in [0.15, 0.2) is 5.69 Å². The molecular weight excluding hydrogens is 306 g/mol. The number of nitrogens with zero attached hydrogens (tertiary/aromatic N) is 2. The lowest BCUT2D eigenvalue weighted by Gasteiger charge is -2.41. The van der Waals surface area contributed by atoms with E-state index in [-0.39, 0.29) is 24.0 Å². The summed E-state index contributed by atoms with van der Waals surface area (Å²) in [6.07, 6.45) is 6.02. The van der Waals surface area contributed by atoms with Gasteiger partial charge in [0.05, 0.1) is 6.10 Å². The third-order valence-corrected chi connectivity index (χ3v) is 5.36. The zero-order valence-corrected chi connectivity index (χ0v) is 14.7. The third kappa shape index (κ3) is 3.98. The molecule has 0 aromatic carbocycles. The van der Waals surface area contributed by atoms with Crippen molar-refractivity contribution in [2.75, 3.05) is 13.1 Å². The Morgan fingerprint density at radius 2 is 2.00 bits per heavy atom. The Balaban J connectivity index is 1.48.